The molecule has 0 saturated carbocycles. The number of H-pyrrole nitrogens is 1. The lowest BCUT2D eigenvalue weighted by Gasteiger charge is -2.33. The second kappa shape index (κ2) is 12.0. The molecule has 1 saturated heterocycles. The summed E-state index contributed by atoms with van der Waals surface area (Å²) >= 11 is 5.63. The van der Waals surface area contributed by atoms with Crippen molar-refractivity contribution in [1.29, 1.82) is 0 Å². The molecular formula is C25H36N6O4S2. The predicted octanol–water partition coefficient (Wildman–Crippen LogP) is 3.12. The highest BCUT2D eigenvalue weighted by atomic mass is 32.2. The van der Waals surface area contributed by atoms with E-state index in [1.165, 1.54) is 4.31 Å². The normalized spacial score (nSPS) is 15.5. The van der Waals surface area contributed by atoms with Gasteiger partial charge in [0.05, 0.1) is 28.3 Å². The second-order valence-corrected chi connectivity index (χ2v) is 11.6. The second-order valence-electron chi connectivity index (χ2n) is 9.26. The Labute approximate surface area is 223 Å². The number of aromatic nitrogens is 4. The molecule has 202 valence electrons. The Morgan fingerprint density at radius 2 is 1.92 bits per heavy atom. The summed E-state index contributed by atoms with van der Waals surface area (Å²) in [6, 6.07) is 4.93. The van der Waals surface area contributed by atoms with Gasteiger partial charge in [0, 0.05) is 46.4 Å². The van der Waals surface area contributed by atoms with Crippen LogP contribution < -0.4 is 4.74 Å². The number of nitrogens with zero attached hydrogens (tertiary/aromatic N) is 5. The number of rotatable bonds is 11. The van der Waals surface area contributed by atoms with Crippen molar-refractivity contribution >= 4 is 33.3 Å². The highest BCUT2D eigenvalue weighted by Gasteiger charge is 2.29. The Bertz CT molecular complexity index is 1390. The van der Waals surface area contributed by atoms with Crippen molar-refractivity contribution in [3.05, 3.63) is 28.5 Å². The lowest BCUT2D eigenvalue weighted by molar-refractivity contribution is 0.171. The fourth-order valence-electron chi connectivity index (χ4n) is 4.63. The number of benzene rings is 1. The minimum atomic E-state index is -3.72. The van der Waals surface area contributed by atoms with Gasteiger partial charge in [-0.05, 0) is 37.5 Å². The zero-order valence-corrected chi connectivity index (χ0v) is 23.4. The molecule has 2 N–H and O–H groups in total. The highest BCUT2D eigenvalue weighted by Crippen LogP contribution is 2.33. The molecule has 0 bridgehead atoms. The standard InChI is InChI=1S/C25H36N6O4S2/c1-4-7-20-22-23(29(3)28-20)25(36)27-24(26-22)19-17-18(8-9-21(19)35-16-5-2)37(33,34)31-13-11-30(12-14-31)10-6-15-32/h8-9,17,32H,4-7,10-16H2,1-3H3,(H,26,27,36). The van der Waals surface area contributed by atoms with Crippen LogP contribution in [0.1, 0.15) is 38.8 Å². The van der Waals surface area contributed by atoms with Gasteiger partial charge in [-0.1, -0.05) is 32.5 Å². The van der Waals surface area contributed by atoms with Crippen LogP contribution in [0.25, 0.3) is 22.4 Å². The average Bonchev–Trinajstić information content (AvgIpc) is 3.21. The van der Waals surface area contributed by atoms with Gasteiger partial charge in [-0.2, -0.15) is 9.40 Å². The Morgan fingerprint density at radius 1 is 1.16 bits per heavy atom. The van der Waals surface area contributed by atoms with Crippen molar-refractivity contribution in [2.24, 2.45) is 7.05 Å². The summed E-state index contributed by atoms with van der Waals surface area (Å²) in [4.78, 5) is 10.4. The molecule has 0 atom stereocenters. The fourth-order valence-corrected chi connectivity index (χ4v) is 6.40. The van der Waals surface area contributed by atoms with Gasteiger partial charge in [-0.3, -0.25) is 4.68 Å². The number of piperazine rings is 1. The van der Waals surface area contributed by atoms with E-state index in [0.717, 1.165) is 42.5 Å². The van der Waals surface area contributed by atoms with E-state index in [1.54, 1.807) is 22.9 Å². The molecule has 0 spiro atoms. The molecule has 0 amide bonds. The molecule has 37 heavy (non-hydrogen) atoms. The third kappa shape index (κ3) is 5.88. The third-order valence-electron chi connectivity index (χ3n) is 6.54. The summed E-state index contributed by atoms with van der Waals surface area (Å²) in [7, 11) is -1.88. The number of aliphatic hydroxyl groups is 1. The van der Waals surface area contributed by atoms with Crippen LogP contribution in [0.4, 0.5) is 0 Å². The summed E-state index contributed by atoms with van der Waals surface area (Å²) in [6.07, 6.45) is 3.21. The van der Waals surface area contributed by atoms with Crippen LogP contribution in [0.2, 0.25) is 0 Å². The fraction of sp³-hybridized carbons (Fsp3) is 0.560. The molecule has 1 aromatic carbocycles. The van der Waals surface area contributed by atoms with Crippen LogP contribution in [-0.4, -0.2) is 88.4 Å². The van der Waals surface area contributed by atoms with E-state index in [-0.39, 0.29) is 11.5 Å². The minimum absolute atomic E-state index is 0.134. The number of hydrogen-bond acceptors (Lipinski definition) is 8. The number of ether oxygens (including phenoxy) is 1. The highest BCUT2D eigenvalue weighted by molar-refractivity contribution is 7.89. The van der Waals surface area contributed by atoms with Crippen LogP contribution in [-0.2, 0) is 23.5 Å². The van der Waals surface area contributed by atoms with Crippen molar-refractivity contribution < 1.29 is 18.3 Å². The number of aryl methyl sites for hydroxylation is 2. The van der Waals surface area contributed by atoms with Gasteiger partial charge in [0.2, 0.25) is 10.0 Å². The molecular weight excluding hydrogens is 512 g/mol. The van der Waals surface area contributed by atoms with Crippen molar-refractivity contribution in [2.75, 3.05) is 45.9 Å². The number of nitrogens with one attached hydrogen (secondary N) is 1. The van der Waals surface area contributed by atoms with E-state index < -0.39 is 10.0 Å². The first-order valence-electron chi connectivity index (χ1n) is 12.9. The van der Waals surface area contributed by atoms with Crippen molar-refractivity contribution in [2.45, 2.75) is 44.4 Å². The van der Waals surface area contributed by atoms with Gasteiger partial charge in [-0.25, -0.2) is 13.4 Å². The van der Waals surface area contributed by atoms with Crippen LogP contribution in [0.3, 0.4) is 0 Å². The Hall–Kier alpha value is -2.38. The molecule has 1 aliphatic heterocycles. The van der Waals surface area contributed by atoms with E-state index in [0.29, 0.717) is 61.0 Å². The molecule has 10 nitrogen and oxygen atoms in total. The van der Waals surface area contributed by atoms with E-state index >= 15 is 0 Å². The minimum Gasteiger partial charge on any atom is -0.493 e. The molecule has 12 heteroatoms. The molecule has 1 aliphatic rings. The van der Waals surface area contributed by atoms with E-state index in [4.69, 9.17) is 22.1 Å². The number of aliphatic hydroxyl groups excluding tert-OH is 1. The zero-order valence-electron chi connectivity index (χ0n) is 21.7. The number of fused-ring (bicyclic) bond motifs is 1. The Balaban J connectivity index is 1.74. The van der Waals surface area contributed by atoms with Gasteiger partial charge in [0.25, 0.3) is 0 Å². The average molecular weight is 549 g/mol. The largest absolute Gasteiger partial charge is 0.493 e. The summed E-state index contributed by atoms with van der Waals surface area (Å²) in [5.41, 5.74) is 3.01. The van der Waals surface area contributed by atoms with E-state index in [1.807, 2.05) is 14.0 Å². The summed E-state index contributed by atoms with van der Waals surface area (Å²) in [5, 5.41) is 13.7. The monoisotopic (exact) mass is 548 g/mol. The van der Waals surface area contributed by atoms with Crippen molar-refractivity contribution in [3.8, 4) is 17.1 Å². The van der Waals surface area contributed by atoms with Crippen molar-refractivity contribution in [3.63, 3.8) is 0 Å². The first-order chi connectivity index (χ1) is 17.8. The van der Waals surface area contributed by atoms with Gasteiger partial charge < -0.3 is 19.7 Å². The van der Waals surface area contributed by atoms with Crippen LogP contribution >= 0.6 is 12.2 Å². The van der Waals surface area contributed by atoms with Gasteiger partial charge >= 0.3 is 0 Å². The summed E-state index contributed by atoms with van der Waals surface area (Å²) < 4.78 is 36.9. The van der Waals surface area contributed by atoms with Crippen LogP contribution in [0.15, 0.2) is 23.1 Å². The zero-order chi connectivity index (χ0) is 26.6. The first-order valence-corrected chi connectivity index (χ1v) is 14.7. The lowest BCUT2D eigenvalue weighted by Crippen LogP contribution is -2.48. The number of hydrogen-bond donors (Lipinski definition) is 2. The van der Waals surface area contributed by atoms with Crippen LogP contribution in [0, 0.1) is 4.64 Å². The topological polar surface area (TPSA) is 117 Å². The molecule has 3 aromatic rings. The summed E-state index contributed by atoms with van der Waals surface area (Å²) in [5.74, 6) is 1.01. The SMILES string of the molecule is CCCOc1ccc(S(=O)(=O)N2CCN(CCCO)CC2)cc1-c1nc(=S)c2c([nH]1)c(CCC)nn2C. The maximum atomic E-state index is 13.6. The van der Waals surface area contributed by atoms with Crippen molar-refractivity contribution in [1.82, 2.24) is 29.0 Å². The van der Waals surface area contributed by atoms with E-state index in [2.05, 4.69) is 26.9 Å². The Morgan fingerprint density at radius 3 is 2.59 bits per heavy atom. The number of aromatic amines is 1. The Kier molecular flexibility index (Phi) is 8.96. The van der Waals surface area contributed by atoms with E-state index in [9.17, 15) is 8.42 Å². The van der Waals surface area contributed by atoms with Crippen LogP contribution in [0.5, 0.6) is 5.75 Å². The molecule has 1 fully saturated rings. The maximum absolute atomic E-state index is 13.6. The molecule has 4 rings (SSSR count). The molecule has 0 radical (unpaired) electrons. The lowest BCUT2D eigenvalue weighted by atomic mass is 10.1. The maximum Gasteiger partial charge on any atom is 0.243 e. The van der Waals surface area contributed by atoms with Gasteiger partial charge in [0.1, 0.15) is 17.1 Å². The predicted molar refractivity (Wildman–Crippen MR) is 146 cm³/mol. The molecule has 2 aromatic heterocycles. The smallest absolute Gasteiger partial charge is 0.243 e. The number of sulfonamides is 1. The quantitative estimate of drug-likeness (QED) is 0.351. The summed E-state index contributed by atoms with van der Waals surface area (Å²) in [6.45, 7) is 7.57. The third-order valence-corrected chi connectivity index (χ3v) is 8.71. The molecule has 0 aliphatic carbocycles. The van der Waals surface area contributed by atoms with Gasteiger partial charge in [-0.15, -0.1) is 0 Å². The van der Waals surface area contributed by atoms with Gasteiger partial charge in [0.15, 0.2) is 4.64 Å². The molecule has 3 heterocycles. The first kappa shape index (κ1) is 27.6. The molecule has 0 unspecified atom stereocenters.